The lowest BCUT2D eigenvalue weighted by Gasteiger charge is -2.23. The molecule has 4 heteroatoms. The summed E-state index contributed by atoms with van der Waals surface area (Å²) in [5, 5.41) is 3.37. The first-order valence-electron chi connectivity index (χ1n) is 7.00. The molecule has 0 aliphatic carbocycles. The lowest BCUT2D eigenvalue weighted by atomic mass is 10.1. The van der Waals surface area contributed by atoms with Crippen LogP contribution >= 0.6 is 0 Å². The minimum Gasteiger partial charge on any atom is -0.490 e. The summed E-state index contributed by atoms with van der Waals surface area (Å²) >= 11 is 0. The molecule has 1 aliphatic heterocycles. The smallest absolute Gasteiger partial charge is 0.161 e. The van der Waals surface area contributed by atoms with Gasteiger partial charge in [0.15, 0.2) is 11.5 Å². The molecule has 1 aromatic rings. The van der Waals surface area contributed by atoms with E-state index in [1.807, 2.05) is 13.1 Å². The van der Waals surface area contributed by atoms with E-state index in [0.717, 1.165) is 44.2 Å². The molecule has 0 spiro atoms. The summed E-state index contributed by atoms with van der Waals surface area (Å²) in [6, 6.07) is 6.55. The monoisotopic (exact) mass is 264 g/mol. The van der Waals surface area contributed by atoms with E-state index in [4.69, 9.17) is 9.47 Å². The van der Waals surface area contributed by atoms with Crippen molar-refractivity contribution in [3.8, 4) is 11.5 Å². The predicted octanol–water partition coefficient (Wildman–Crippen LogP) is 2.06. The van der Waals surface area contributed by atoms with Crippen molar-refractivity contribution >= 4 is 0 Å². The van der Waals surface area contributed by atoms with Gasteiger partial charge in [-0.05, 0) is 38.3 Å². The van der Waals surface area contributed by atoms with Crippen molar-refractivity contribution in [2.24, 2.45) is 0 Å². The van der Waals surface area contributed by atoms with Gasteiger partial charge in [0.05, 0.1) is 13.2 Å². The SMILES string of the molecule is CCN(C)CC(NC)c1ccc2c(c1)OCCCO2. The van der Waals surface area contributed by atoms with Crippen LogP contribution in [0.1, 0.15) is 24.9 Å². The third-order valence-corrected chi connectivity index (χ3v) is 3.56. The Morgan fingerprint density at radius 3 is 2.68 bits per heavy atom. The van der Waals surface area contributed by atoms with Crippen LogP contribution in [-0.4, -0.2) is 45.3 Å². The highest BCUT2D eigenvalue weighted by Crippen LogP contribution is 2.32. The largest absolute Gasteiger partial charge is 0.490 e. The third kappa shape index (κ3) is 3.61. The molecule has 1 aromatic carbocycles. The number of nitrogens with one attached hydrogen (secondary N) is 1. The topological polar surface area (TPSA) is 33.7 Å². The molecule has 0 saturated heterocycles. The molecule has 4 nitrogen and oxygen atoms in total. The molecule has 0 amide bonds. The van der Waals surface area contributed by atoms with Crippen molar-refractivity contribution in [2.45, 2.75) is 19.4 Å². The maximum absolute atomic E-state index is 5.75. The van der Waals surface area contributed by atoms with Gasteiger partial charge in [-0.1, -0.05) is 13.0 Å². The molecule has 1 N–H and O–H groups in total. The summed E-state index contributed by atoms with van der Waals surface area (Å²) in [4.78, 5) is 2.30. The predicted molar refractivity (Wildman–Crippen MR) is 77.0 cm³/mol. The van der Waals surface area contributed by atoms with Gasteiger partial charge in [-0.2, -0.15) is 0 Å². The molecule has 1 atom stereocenters. The van der Waals surface area contributed by atoms with Crippen molar-refractivity contribution in [1.82, 2.24) is 10.2 Å². The maximum atomic E-state index is 5.75. The number of nitrogens with zero attached hydrogens (tertiary/aromatic N) is 1. The number of ether oxygens (including phenoxy) is 2. The number of benzene rings is 1. The number of hydrogen-bond acceptors (Lipinski definition) is 4. The number of hydrogen-bond donors (Lipinski definition) is 1. The van der Waals surface area contributed by atoms with Crippen LogP contribution in [0.4, 0.5) is 0 Å². The standard InChI is InChI=1S/C15H24N2O2/c1-4-17(3)11-13(16-2)12-6-7-14-15(10-12)19-9-5-8-18-14/h6-7,10,13,16H,4-5,8-9,11H2,1-3H3. The van der Waals surface area contributed by atoms with Crippen molar-refractivity contribution in [1.29, 1.82) is 0 Å². The fraction of sp³-hybridized carbons (Fsp3) is 0.600. The second-order valence-corrected chi connectivity index (χ2v) is 4.95. The van der Waals surface area contributed by atoms with Gasteiger partial charge < -0.3 is 19.7 Å². The summed E-state index contributed by atoms with van der Waals surface area (Å²) in [5.41, 5.74) is 1.24. The molecular formula is C15H24N2O2. The summed E-state index contributed by atoms with van der Waals surface area (Å²) in [7, 11) is 4.13. The first kappa shape index (κ1) is 14.2. The van der Waals surface area contributed by atoms with Gasteiger partial charge in [-0.3, -0.25) is 0 Å². The molecule has 0 bridgehead atoms. The Kier molecular flexibility index (Phi) is 5.05. The molecular weight excluding hydrogens is 240 g/mol. The highest BCUT2D eigenvalue weighted by molar-refractivity contribution is 5.44. The molecule has 1 unspecified atom stereocenters. The Morgan fingerprint density at radius 2 is 2.00 bits per heavy atom. The van der Waals surface area contributed by atoms with Gasteiger partial charge in [0.1, 0.15) is 0 Å². The van der Waals surface area contributed by atoms with Gasteiger partial charge in [-0.25, -0.2) is 0 Å². The summed E-state index contributed by atoms with van der Waals surface area (Å²) in [6.07, 6.45) is 0.943. The first-order valence-corrected chi connectivity index (χ1v) is 7.00. The van der Waals surface area contributed by atoms with E-state index >= 15 is 0 Å². The van der Waals surface area contributed by atoms with E-state index in [0.29, 0.717) is 6.04 Å². The molecule has 0 radical (unpaired) electrons. The number of likely N-dealkylation sites (N-methyl/N-ethyl adjacent to an activating group) is 2. The molecule has 0 aromatic heterocycles. The molecule has 0 saturated carbocycles. The number of fused-ring (bicyclic) bond motifs is 1. The maximum Gasteiger partial charge on any atom is 0.161 e. The third-order valence-electron chi connectivity index (χ3n) is 3.56. The van der Waals surface area contributed by atoms with E-state index in [2.05, 4.69) is 36.3 Å². The van der Waals surface area contributed by atoms with Crippen molar-refractivity contribution in [2.75, 3.05) is 40.4 Å². The molecule has 1 heterocycles. The Bertz CT molecular complexity index is 409. The Hall–Kier alpha value is -1.26. The normalized spacial score (nSPS) is 16.2. The zero-order chi connectivity index (χ0) is 13.7. The van der Waals surface area contributed by atoms with Crippen molar-refractivity contribution in [3.05, 3.63) is 23.8 Å². The van der Waals surface area contributed by atoms with Crippen LogP contribution < -0.4 is 14.8 Å². The molecule has 1 aliphatic rings. The minimum atomic E-state index is 0.308. The molecule has 106 valence electrons. The van der Waals surface area contributed by atoms with E-state index in [-0.39, 0.29) is 0 Å². The van der Waals surface area contributed by atoms with Crippen LogP contribution in [-0.2, 0) is 0 Å². The van der Waals surface area contributed by atoms with E-state index in [1.165, 1.54) is 5.56 Å². The van der Waals surface area contributed by atoms with E-state index in [1.54, 1.807) is 0 Å². The van der Waals surface area contributed by atoms with Gasteiger partial charge in [0.25, 0.3) is 0 Å². The lowest BCUT2D eigenvalue weighted by Crippen LogP contribution is -2.31. The van der Waals surface area contributed by atoms with Crippen LogP contribution in [0.2, 0.25) is 0 Å². The van der Waals surface area contributed by atoms with E-state index < -0.39 is 0 Å². The zero-order valence-electron chi connectivity index (χ0n) is 12.1. The van der Waals surface area contributed by atoms with Crippen LogP contribution in [0.5, 0.6) is 11.5 Å². The van der Waals surface area contributed by atoms with Crippen LogP contribution in [0.3, 0.4) is 0 Å². The highest BCUT2D eigenvalue weighted by Gasteiger charge is 2.16. The van der Waals surface area contributed by atoms with Gasteiger partial charge in [-0.15, -0.1) is 0 Å². The summed E-state index contributed by atoms with van der Waals surface area (Å²) in [6.45, 7) is 5.66. The average Bonchev–Trinajstić information content (AvgIpc) is 2.68. The Labute approximate surface area is 115 Å². The quantitative estimate of drug-likeness (QED) is 0.882. The fourth-order valence-corrected chi connectivity index (χ4v) is 2.20. The van der Waals surface area contributed by atoms with Gasteiger partial charge in [0, 0.05) is 19.0 Å². The molecule has 2 rings (SSSR count). The van der Waals surface area contributed by atoms with Gasteiger partial charge >= 0.3 is 0 Å². The summed E-state index contributed by atoms with van der Waals surface area (Å²) in [5.74, 6) is 1.73. The Balaban J connectivity index is 2.16. The van der Waals surface area contributed by atoms with Crippen LogP contribution in [0, 0.1) is 0 Å². The fourth-order valence-electron chi connectivity index (χ4n) is 2.20. The van der Waals surface area contributed by atoms with Crippen molar-refractivity contribution < 1.29 is 9.47 Å². The van der Waals surface area contributed by atoms with Crippen molar-refractivity contribution in [3.63, 3.8) is 0 Å². The second-order valence-electron chi connectivity index (χ2n) is 4.95. The average molecular weight is 264 g/mol. The van der Waals surface area contributed by atoms with Crippen LogP contribution in [0.25, 0.3) is 0 Å². The number of rotatable bonds is 5. The zero-order valence-corrected chi connectivity index (χ0v) is 12.1. The second kappa shape index (κ2) is 6.78. The molecule has 0 fully saturated rings. The van der Waals surface area contributed by atoms with E-state index in [9.17, 15) is 0 Å². The van der Waals surface area contributed by atoms with Crippen LogP contribution in [0.15, 0.2) is 18.2 Å². The lowest BCUT2D eigenvalue weighted by molar-refractivity contribution is 0.296. The Morgan fingerprint density at radius 1 is 1.26 bits per heavy atom. The molecule has 19 heavy (non-hydrogen) atoms. The first-order chi connectivity index (χ1) is 9.24. The minimum absolute atomic E-state index is 0.308. The highest BCUT2D eigenvalue weighted by atomic mass is 16.5. The van der Waals surface area contributed by atoms with Gasteiger partial charge in [0.2, 0.25) is 0 Å². The summed E-state index contributed by atoms with van der Waals surface area (Å²) < 4.78 is 11.4.